The molecular weight excluding hydrogens is 190 g/mol. The van der Waals surface area contributed by atoms with Crippen LogP contribution in [0.25, 0.3) is 0 Å². The van der Waals surface area contributed by atoms with E-state index in [-0.39, 0.29) is 11.5 Å². The molecule has 3 N–H and O–H groups in total. The van der Waals surface area contributed by atoms with Crippen LogP contribution in [0.3, 0.4) is 0 Å². The fraction of sp³-hybridized carbons (Fsp3) is 0.727. The second-order valence-electron chi connectivity index (χ2n) is 5.43. The fourth-order valence-corrected chi connectivity index (χ4v) is 2.01. The molecule has 1 aromatic rings. The third kappa shape index (κ3) is 1.86. The van der Waals surface area contributed by atoms with Crippen LogP contribution in [0.5, 0.6) is 0 Å². The Labute approximate surface area is 90.1 Å². The van der Waals surface area contributed by atoms with Gasteiger partial charge < -0.3 is 10.8 Å². The van der Waals surface area contributed by atoms with Crippen molar-refractivity contribution in [2.45, 2.75) is 51.2 Å². The number of aliphatic hydroxyl groups is 1. The van der Waals surface area contributed by atoms with Gasteiger partial charge in [-0.25, -0.2) is 0 Å². The van der Waals surface area contributed by atoms with Crippen molar-refractivity contribution in [3.05, 3.63) is 11.8 Å². The first-order valence-corrected chi connectivity index (χ1v) is 5.41. The molecule has 0 aliphatic heterocycles. The Morgan fingerprint density at radius 2 is 2.07 bits per heavy atom. The SMILES string of the molecule is CC(C)(C)c1cc(N)nn1[C@H]1C[C@H](O)C1. The van der Waals surface area contributed by atoms with Crippen molar-refractivity contribution in [3.63, 3.8) is 0 Å². The van der Waals surface area contributed by atoms with Crippen LogP contribution in [-0.4, -0.2) is 21.0 Å². The van der Waals surface area contributed by atoms with Gasteiger partial charge in [0.2, 0.25) is 0 Å². The van der Waals surface area contributed by atoms with Crippen LogP contribution < -0.4 is 5.73 Å². The molecular formula is C11H19N3O. The largest absolute Gasteiger partial charge is 0.393 e. The van der Waals surface area contributed by atoms with Crippen molar-refractivity contribution in [2.75, 3.05) is 5.73 Å². The highest BCUT2D eigenvalue weighted by atomic mass is 16.3. The summed E-state index contributed by atoms with van der Waals surface area (Å²) in [5, 5.41) is 13.6. The van der Waals surface area contributed by atoms with Crippen LogP contribution in [-0.2, 0) is 5.41 Å². The van der Waals surface area contributed by atoms with Crippen molar-refractivity contribution in [3.8, 4) is 0 Å². The van der Waals surface area contributed by atoms with Gasteiger partial charge in [0, 0.05) is 17.2 Å². The van der Waals surface area contributed by atoms with Gasteiger partial charge in [0.15, 0.2) is 0 Å². The Morgan fingerprint density at radius 3 is 2.53 bits per heavy atom. The van der Waals surface area contributed by atoms with Crippen LogP contribution >= 0.6 is 0 Å². The molecule has 0 radical (unpaired) electrons. The van der Waals surface area contributed by atoms with Crippen molar-refractivity contribution in [2.24, 2.45) is 0 Å². The first kappa shape index (κ1) is 10.5. The van der Waals surface area contributed by atoms with Gasteiger partial charge in [-0.2, -0.15) is 5.10 Å². The number of nitrogens with zero attached hydrogens (tertiary/aromatic N) is 2. The summed E-state index contributed by atoms with van der Waals surface area (Å²) >= 11 is 0. The smallest absolute Gasteiger partial charge is 0.145 e. The predicted molar refractivity (Wildman–Crippen MR) is 59.6 cm³/mol. The topological polar surface area (TPSA) is 64.1 Å². The summed E-state index contributed by atoms with van der Waals surface area (Å²) < 4.78 is 1.99. The standard InChI is InChI=1S/C11H19N3O/c1-11(2,3)9-6-10(12)13-14(9)7-4-8(15)5-7/h6-8,15H,4-5H2,1-3H3,(H2,12,13)/t7-,8-. The van der Waals surface area contributed by atoms with E-state index in [0.29, 0.717) is 11.9 Å². The maximum absolute atomic E-state index is 9.31. The molecule has 2 rings (SSSR count). The molecule has 1 aliphatic rings. The zero-order valence-electron chi connectivity index (χ0n) is 9.57. The molecule has 0 aromatic carbocycles. The Hall–Kier alpha value is -1.03. The van der Waals surface area contributed by atoms with Crippen molar-refractivity contribution < 1.29 is 5.11 Å². The number of rotatable bonds is 1. The number of anilines is 1. The molecule has 0 saturated heterocycles. The van der Waals surface area contributed by atoms with E-state index in [9.17, 15) is 5.11 Å². The number of aromatic nitrogens is 2. The second-order valence-corrected chi connectivity index (χ2v) is 5.43. The predicted octanol–water partition coefficient (Wildman–Crippen LogP) is 1.46. The molecule has 0 atom stereocenters. The zero-order valence-corrected chi connectivity index (χ0v) is 9.57. The lowest BCUT2D eigenvalue weighted by molar-refractivity contribution is 0.0411. The molecule has 1 aliphatic carbocycles. The third-order valence-electron chi connectivity index (χ3n) is 2.96. The molecule has 84 valence electrons. The summed E-state index contributed by atoms with van der Waals surface area (Å²) in [4.78, 5) is 0. The Morgan fingerprint density at radius 1 is 1.47 bits per heavy atom. The van der Waals surface area contributed by atoms with Gasteiger partial charge in [-0.05, 0) is 12.8 Å². The van der Waals surface area contributed by atoms with Crippen LogP contribution in [0.15, 0.2) is 6.07 Å². The van der Waals surface area contributed by atoms with Crippen molar-refractivity contribution >= 4 is 5.82 Å². The van der Waals surface area contributed by atoms with Gasteiger partial charge in [0.25, 0.3) is 0 Å². The van der Waals surface area contributed by atoms with Gasteiger partial charge >= 0.3 is 0 Å². The molecule has 15 heavy (non-hydrogen) atoms. The summed E-state index contributed by atoms with van der Waals surface area (Å²) in [5.41, 5.74) is 6.93. The van der Waals surface area contributed by atoms with Gasteiger partial charge in [-0.1, -0.05) is 20.8 Å². The lowest BCUT2D eigenvalue weighted by Crippen LogP contribution is -2.34. The van der Waals surface area contributed by atoms with E-state index in [2.05, 4.69) is 25.9 Å². The molecule has 0 bridgehead atoms. The van der Waals surface area contributed by atoms with Gasteiger partial charge in [0.05, 0.1) is 12.1 Å². The van der Waals surface area contributed by atoms with E-state index in [1.54, 1.807) is 0 Å². The zero-order chi connectivity index (χ0) is 11.2. The van der Waals surface area contributed by atoms with Gasteiger partial charge in [-0.3, -0.25) is 4.68 Å². The summed E-state index contributed by atoms with van der Waals surface area (Å²) in [6, 6.07) is 2.26. The van der Waals surface area contributed by atoms with Crippen LogP contribution in [0.2, 0.25) is 0 Å². The average molecular weight is 209 g/mol. The fourth-order valence-electron chi connectivity index (χ4n) is 2.01. The van der Waals surface area contributed by atoms with Crippen LogP contribution in [0, 0.1) is 0 Å². The number of aliphatic hydroxyl groups excluding tert-OH is 1. The molecule has 1 heterocycles. The van der Waals surface area contributed by atoms with Crippen molar-refractivity contribution in [1.82, 2.24) is 9.78 Å². The molecule has 4 heteroatoms. The minimum Gasteiger partial charge on any atom is -0.393 e. The second kappa shape index (κ2) is 3.23. The van der Waals surface area contributed by atoms with E-state index in [1.807, 2.05) is 10.7 Å². The molecule has 0 amide bonds. The Bertz CT molecular complexity index is 358. The van der Waals surface area contributed by atoms with E-state index in [0.717, 1.165) is 18.5 Å². The van der Waals surface area contributed by atoms with E-state index in [1.165, 1.54) is 0 Å². The summed E-state index contributed by atoms with van der Waals surface area (Å²) in [7, 11) is 0. The molecule has 0 unspecified atom stereocenters. The number of hydrogen-bond donors (Lipinski definition) is 2. The third-order valence-corrected chi connectivity index (χ3v) is 2.96. The lowest BCUT2D eigenvalue weighted by atomic mass is 9.87. The Kier molecular flexibility index (Phi) is 2.26. The molecule has 1 fully saturated rings. The minimum atomic E-state index is -0.159. The van der Waals surface area contributed by atoms with Gasteiger partial charge in [0.1, 0.15) is 5.82 Å². The number of hydrogen-bond acceptors (Lipinski definition) is 3. The van der Waals surface area contributed by atoms with Crippen LogP contribution in [0.1, 0.15) is 45.3 Å². The van der Waals surface area contributed by atoms with Gasteiger partial charge in [-0.15, -0.1) is 0 Å². The Balaban J connectivity index is 2.30. The monoisotopic (exact) mass is 209 g/mol. The normalized spacial score (nSPS) is 26.4. The summed E-state index contributed by atoms with van der Waals surface area (Å²) in [5.74, 6) is 0.571. The number of nitrogen functional groups attached to an aromatic ring is 1. The maximum Gasteiger partial charge on any atom is 0.145 e. The van der Waals surface area contributed by atoms with E-state index < -0.39 is 0 Å². The molecule has 1 aromatic heterocycles. The first-order valence-electron chi connectivity index (χ1n) is 5.41. The molecule has 0 spiro atoms. The highest BCUT2D eigenvalue weighted by molar-refractivity contribution is 5.33. The first-order chi connectivity index (χ1) is 6.88. The lowest BCUT2D eigenvalue weighted by Gasteiger charge is -2.34. The molecule has 4 nitrogen and oxygen atoms in total. The van der Waals surface area contributed by atoms with Crippen LogP contribution in [0.4, 0.5) is 5.82 Å². The van der Waals surface area contributed by atoms with E-state index >= 15 is 0 Å². The quantitative estimate of drug-likeness (QED) is 0.736. The highest BCUT2D eigenvalue weighted by Gasteiger charge is 2.33. The maximum atomic E-state index is 9.31. The number of nitrogens with two attached hydrogens (primary N) is 1. The summed E-state index contributed by atoms with van der Waals surface area (Å²) in [6.45, 7) is 6.44. The highest BCUT2D eigenvalue weighted by Crippen LogP contribution is 2.36. The minimum absolute atomic E-state index is 0.0468. The molecule has 1 saturated carbocycles. The summed E-state index contributed by atoms with van der Waals surface area (Å²) in [6.07, 6.45) is 1.43. The van der Waals surface area contributed by atoms with E-state index in [4.69, 9.17) is 5.73 Å². The van der Waals surface area contributed by atoms with Crippen molar-refractivity contribution in [1.29, 1.82) is 0 Å². The average Bonchev–Trinajstić information content (AvgIpc) is 2.40.